The van der Waals surface area contributed by atoms with Gasteiger partial charge in [0.15, 0.2) is 0 Å². The van der Waals surface area contributed by atoms with Gasteiger partial charge in [-0.25, -0.2) is 0 Å². The van der Waals surface area contributed by atoms with Gasteiger partial charge in [-0.1, -0.05) is 12.1 Å². The van der Waals surface area contributed by atoms with Gasteiger partial charge in [0, 0.05) is 11.7 Å². The van der Waals surface area contributed by atoms with Crippen molar-refractivity contribution in [3.63, 3.8) is 0 Å². The van der Waals surface area contributed by atoms with Gasteiger partial charge in [0.1, 0.15) is 0 Å². The van der Waals surface area contributed by atoms with Crippen LogP contribution in [0.5, 0.6) is 0 Å². The SMILES string of the molecule is CC(C)(CO)NC(=O)Cc1ccc2cc[nH]c2c1. The summed E-state index contributed by atoms with van der Waals surface area (Å²) in [5, 5.41) is 13.0. The van der Waals surface area contributed by atoms with E-state index < -0.39 is 5.54 Å². The third-order valence-electron chi connectivity index (χ3n) is 2.86. The van der Waals surface area contributed by atoms with Crippen molar-refractivity contribution in [2.24, 2.45) is 0 Å². The minimum absolute atomic E-state index is 0.0750. The van der Waals surface area contributed by atoms with Crippen LogP contribution in [0.15, 0.2) is 30.5 Å². The molecule has 0 saturated carbocycles. The molecule has 2 rings (SSSR count). The van der Waals surface area contributed by atoms with E-state index in [0.717, 1.165) is 16.5 Å². The first kappa shape index (κ1) is 12.6. The molecule has 0 fully saturated rings. The van der Waals surface area contributed by atoms with Crippen LogP contribution < -0.4 is 5.32 Å². The van der Waals surface area contributed by atoms with Gasteiger partial charge in [0.05, 0.1) is 18.6 Å². The van der Waals surface area contributed by atoms with E-state index in [1.807, 2.05) is 30.5 Å². The van der Waals surface area contributed by atoms with Gasteiger partial charge in [-0.2, -0.15) is 0 Å². The number of carbonyl (C=O) groups excluding carboxylic acids is 1. The van der Waals surface area contributed by atoms with Crippen molar-refractivity contribution in [3.8, 4) is 0 Å². The molecule has 0 bridgehead atoms. The second kappa shape index (κ2) is 4.82. The fraction of sp³-hybridized carbons (Fsp3) is 0.357. The van der Waals surface area contributed by atoms with E-state index in [4.69, 9.17) is 5.11 Å². The Kier molecular flexibility index (Phi) is 3.39. The van der Waals surface area contributed by atoms with E-state index in [-0.39, 0.29) is 12.5 Å². The maximum Gasteiger partial charge on any atom is 0.224 e. The summed E-state index contributed by atoms with van der Waals surface area (Å²) < 4.78 is 0. The van der Waals surface area contributed by atoms with Crippen molar-refractivity contribution < 1.29 is 9.90 Å². The predicted octanol–water partition coefficient (Wildman–Crippen LogP) is 1.60. The lowest BCUT2D eigenvalue weighted by Gasteiger charge is -2.23. The van der Waals surface area contributed by atoms with E-state index in [1.165, 1.54) is 0 Å². The molecular weight excluding hydrogens is 228 g/mol. The van der Waals surface area contributed by atoms with Gasteiger partial charge in [-0.15, -0.1) is 0 Å². The van der Waals surface area contributed by atoms with Crippen molar-refractivity contribution in [2.45, 2.75) is 25.8 Å². The van der Waals surface area contributed by atoms with Gasteiger partial charge < -0.3 is 15.4 Å². The van der Waals surface area contributed by atoms with Crippen molar-refractivity contribution in [3.05, 3.63) is 36.0 Å². The summed E-state index contributed by atoms with van der Waals surface area (Å²) in [6, 6.07) is 7.91. The number of hydrogen-bond acceptors (Lipinski definition) is 2. The summed E-state index contributed by atoms with van der Waals surface area (Å²) in [5.41, 5.74) is 1.41. The summed E-state index contributed by atoms with van der Waals surface area (Å²) in [6.07, 6.45) is 2.20. The van der Waals surface area contributed by atoms with Crippen LogP contribution in [-0.4, -0.2) is 28.1 Å². The Hall–Kier alpha value is -1.81. The molecule has 1 aromatic heterocycles. The molecule has 0 radical (unpaired) electrons. The van der Waals surface area contributed by atoms with Gasteiger partial charge in [-0.3, -0.25) is 4.79 Å². The lowest BCUT2D eigenvalue weighted by atomic mass is 10.1. The quantitative estimate of drug-likeness (QED) is 0.767. The Morgan fingerprint density at radius 3 is 2.89 bits per heavy atom. The fourth-order valence-electron chi connectivity index (χ4n) is 1.85. The van der Waals surface area contributed by atoms with E-state index in [0.29, 0.717) is 6.42 Å². The number of carbonyl (C=O) groups is 1. The van der Waals surface area contributed by atoms with E-state index in [1.54, 1.807) is 13.8 Å². The van der Waals surface area contributed by atoms with E-state index in [2.05, 4.69) is 10.3 Å². The first-order chi connectivity index (χ1) is 8.50. The molecule has 0 saturated heterocycles. The number of hydrogen-bond donors (Lipinski definition) is 3. The molecule has 4 heteroatoms. The van der Waals surface area contributed by atoms with Crippen LogP contribution in [0.1, 0.15) is 19.4 Å². The average molecular weight is 246 g/mol. The molecule has 1 heterocycles. The van der Waals surface area contributed by atoms with Gasteiger partial charge in [-0.05, 0) is 36.9 Å². The summed E-state index contributed by atoms with van der Waals surface area (Å²) in [7, 11) is 0. The van der Waals surface area contributed by atoms with Crippen molar-refractivity contribution in [1.29, 1.82) is 0 Å². The predicted molar refractivity (Wildman–Crippen MR) is 71.3 cm³/mol. The average Bonchev–Trinajstić information content (AvgIpc) is 2.75. The number of benzene rings is 1. The molecule has 2 aromatic rings. The number of H-pyrrole nitrogens is 1. The van der Waals surface area contributed by atoms with Gasteiger partial charge in [0.25, 0.3) is 0 Å². The number of amides is 1. The number of aromatic nitrogens is 1. The zero-order chi connectivity index (χ0) is 13.2. The third kappa shape index (κ3) is 2.90. The van der Waals surface area contributed by atoms with Crippen LogP contribution >= 0.6 is 0 Å². The van der Waals surface area contributed by atoms with Crippen LogP contribution in [0.4, 0.5) is 0 Å². The normalized spacial score (nSPS) is 11.7. The number of nitrogens with one attached hydrogen (secondary N) is 2. The molecule has 1 amide bonds. The molecule has 96 valence electrons. The Balaban J connectivity index is 2.06. The highest BCUT2D eigenvalue weighted by Crippen LogP contribution is 2.14. The first-order valence-corrected chi connectivity index (χ1v) is 5.98. The molecule has 0 aliphatic carbocycles. The topological polar surface area (TPSA) is 65.1 Å². The standard InChI is InChI=1S/C14H18N2O2/c1-14(2,9-17)16-13(18)8-10-3-4-11-5-6-15-12(11)7-10/h3-7,15,17H,8-9H2,1-2H3,(H,16,18). The highest BCUT2D eigenvalue weighted by atomic mass is 16.3. The summed E-state index contributed by atoms with van der Waals surface area (Å²) >= 11 is 0. The maximum absolute atomic E-state index is 11.8. The van der Waals surface area contributed by atoms with E-state index >= 15 is 0 Å². The van der Waals surface area contributed by atoms with Crippen LogP contribution in [0.2, 0.25) is 0 Å². The molecule has 0 unspecified atom stereocenters. The smallest absolute Gasteiger partial charge is 0.224 e. The highest BCUT2D eigenvalue weighted by Gasteiger charge is 2.18. The second-order valence-corrected chi connectivity index (χ2v) is 5.17. The van der Waals surface area contributed by atoms with E-state index in [9.17, 15) is 4.79 Å². The van der Waals surface area contributed by atoms with Crippen LogP contribution in [0, 0.1) is 0 Å². The maximum atomic E-state index is 11.8. The molecule has 0 atom stereocenters. The fourth-order valence-corrected chi connectivity index (χ4v) is 1.85. The number of fused-ring (bicyclic) bond motifs is 1. The Morgan fingerprint density at radius 2 is 2.17 bits per heavy atom. The molecule has 0 aliphatic rings. The Bertz CT molecular complexity index is 558. The minimum atomic E-state index is -0.576. The molecule has 0 aliphatic heterocycles. The van der Waals surface area contributed by atoms with Crippen molar-refractivity contribution in [1.82, 2.24) is 10.3 Å². The summed E-state index contributed by atoms with van der Waals surface area (Å²) in [5.74, 6) is -0.0834. The van der Waals surface area contributed by atoms with Crippen LogP contribution in [-0.2, 0) is 11.2 Å². The van der Waals surface area contributed by atoms with Crippen LogP contribution in [0.3, 0.4) is 0 Å². The van der Waals surface area contributed by atoms with Gasteiger partial charge in [0.2, 0.25) is 5.91 Å². The number of aromatic amines is 1. The minimum Gasteiger partial charge on any atom is -0.394 e. The van der Waals surface area contributed by atoms with Crippen molar-refractivity contribution >= 4 is 16.8 Å². The summed E-state index contributed by atoms with van der Waals surface area (Å²) in [4.78, 5) is 14.9. The number of rotatable bonds is 4. The monoisotopic (exact) mass is 246 g/mol. The second-order valence-electron chi connectivity index (χ2n) is 5.17. The zero-order valence-electron chi connectivity index (χ0n) is 10.7. The highest BCUT2D eigenvalue weighted by molar-refractivity contribution is 5.83. The number of aliphatic hydroxyl groups is 1. The number of aliphatic hydroxyl groups excluding tert-OH is 1. The summed E-state index contributed by atoms with van der Waals surface area (Å²) in [6.45, 7) is 3.51. The molecule has 3 N–H and O–H groups in total. The Labute approximate surface area is 106 Å². The molecule has 1 aromatic carbocycles. The van der Waals surface area contributed by atoms with Crippen LogP contribution in [0.25, 0.3) is 10.9 Å². The van der Waals surface area contributed by atoms with Crippen molar-refractivity contribution in [2.75, 3.05) is 6.61 Å². The lowest BCUT2D eigenvalue weighted by Crippen LogP contribution is -2.46. The zero-order valence-corrected chi connectivity index (χ0v) is 10.7. The molecule has 18 heavy (non-hydrogen) atoms. The largest absolute Gasteiger partial charge is 0.394 e. The van der Waals surface area contributed by atoms with Gasteiger partial charge >= 0.3 is 0 Å². The Morgan fingerprint density at radius 1 is 1.39 bits per heavy atom. The first-order valence-electron chi connectivity index (χ1n) is 5.98. The third-order valence-corrected chi connectivity index (χ3v) is 2.86. The lowest BCUT2D eigenvalue weighted by molar-refractivity contribution is -0.122. The molecule has 4 nitrogen and oxygen atoms in total. The molecule has 0 spiro atoms. The molecular formula is C14H18N2O2.